The quantitative estimate of drug-likeness (QED) is 0.313. The molecule has 6 atom stereocenters. The van der Waals surface area contributed by atoms with Crippen molar-refractivity contribution in [2.75, 3.05) is 13.2 Å². The number of ketones is 1. The molecule has 0 N–H and O–H groups in total. The standard InChI is InChI=1S/C24H25NO5/c1-12-3-4-13(2)16(9-12)19(26)11-30-20(27)7-8-25-23(28)21-14-5-6-15(18-10-17(14)18)22(21)24(25)29/h3-6,9,14-15,17-18,21-22H,7-8,10-11H2,1-2H3/t14-,15-,17-,18+,21-,22+/m0/s1. The first-order chi connectivity index (χ1) is 14.4. The number of esters is 1. The van der Waals surface area contributed by atoms with Gasteiger partial charge >= 0.3 is 5.97 Å². The van der Waals surface area contributed by atoms with Crippen LogP contribution in [0.4, 0.5) is 0 Å². The average molecular weight is 407 g/mol. The number of aryl methyl sites for hydroxylation is 2. The largest absolute Gasteiger partial charge is 0.457 e. The number of ether oxygens (including phenoxy) is 1. The molecule has 2 bridgehead atoms. The molecule has 6 nitrogen and oxygen atoms in total. The normalized spacial score (nSPS) is 32.8. The van der Waals surface area contributed by atoms with Crippen LogP contribution in [0.5, 0.6) is 0 Å². The van der Waals surface area contributed by atoms with Crippen molar-refractivity contribution in [2.24, 2.45) is 35.5 Å². The van der Waals surface area contributed by atoms with Gasteiger partial charge in [-0.25, -0.2) is 0 Å². The van der Waals surface area contributed by atoms with Crippen LogP contribution in [0.15, 0.2) is 30.4 Å². The first-order valence-electron chi connectivity index (χ1n) is 10.7. The molecular formula is C24H25NO5. The lowest BCUT2D eigenvalue weighted by atomic mass is 9.63. The molecule has 1 aliphatic heterocycles. The fourth-order valence-electron chi connectivity index (χ4n) is 5.77. The summed E-state index contributed by atoms with van der Waals surface area (Å²) in [5, 5.41) is 0. The molecule has 1 aromatic rings. The summed E-state index contributed by atoms with van der Waals surface area (Å²) in [6.07, 6.45) is 5.28. The van der Waals surface area contributed by atoms with Crippen molar-refractivity contribution >= 4 is 23.6 Å². The minimum atomic E-state index is -0.576. The number of carbonyl (C=O) groups excluding carboxylic acids is 4. The van der Waals surface area contributed by atoms with Crippen molar-refractivity contribution in [3.8, 4) is 0 Å². The number of imide groups is 1. The van der Waals surface area contributed by atoms with Gasteiger partial charge in [-0.05, 0) is 55.6 Å². The zero-order chi connectivity index (χ0) is 21.2. The van der Waals surface area contributed by atoms with Crippen LogP contribution >= 0.6 is 0 Å². The van der Waals surface area contributed by atoms with Crippen molar-refractivity contribution in [1.82, 2.24) is 4.90 Å². The third-order valence-electron chi connectivity index (χ3n) is 7.35. The molecule has 0 spiro atoms. The lowest BCUT2D eigenvalue weighted by Crippen LogP contribution is -2.40. The van der Waals surface area contributed by atoms with Crippen LogP contribution in [0.3, 0.4) is 0 Å². The lowest BCUT2D eigenvalue weighted by Gasteiger charge is -2.37. The highest BCUT2D eigenvalue weighted by atomic mass is 16.5. The molecule has 2 saturated carbocycles. The van der Waals surface area contributed by atoms with Crippen molar-refractivity contribution in [2.45, 2.75) is 26.7 Å². The maximum atomic E-state index is 12.9. The molecule has 156 valence electrons. The second-order valence-electron chi connectivity index (χ2n) is 9.13. The van der Waals surface area contributed by atoms with E-state index in [1.54, 1.807) is 6.07 Å². The Balaban J connectivity index is 1.17. The van der Waals surface area contributed by atoms with E-state index in [0.29, 0.717) is 17.4 Å². The number of benzene rings is 1. The molecule has 6 rings (SSSR count). The zero-order valence-electron chi connectivity index (χ0n) is 17.2. The SMILES string of the molecule is Cc1ccc(C)c(C(=O)COC(=O)CCN2C(=O)[C@@H]3[C@H]4C=C[C@@H]([C@@H]5C[C@H]45)[C@@H]3C2=O)c1. The monoisotopic (exact) mass is 407 g/mol. The molecule has 0 radical (unpaired) electrons. The summed E-state index contributed by atoms with van der Waals surface area (Å²) in [6, 6.07) is 5.56. The van der Waals surface area contributed by atoms with E-state index >= 15 is 0 Å². The summed E-state index contributed by atoms with van der Waals surface area (Å²) < 4.78 is 5.13. The Morgan fingerprint density at radius 3 is 2.30 bits per heavy atom. The summed E-state index contributed by atoms with van der Waals surface area (Å²) in [7, 11) is 0. The summed E-state index contributed by atoms with van der Waals surface area (Å²) in [4.78, 5) is 51.6. The lowest BCUT2D eigenvalue weighted by molar-refractivity contribution is -0.145. The third kappa shape index (κ3) is 2.92. The molecule has 3 fully saturated rings. The summed E-state index contributed by atoms with van der Waals surface area (Å²) in [6.45, 7) is 3.42. The molecule has 0 aromatic heterocycles. The van der Waals surface area contributed by atoms with Crippen molar-refractivity contribution < 1.29 is 23.9 Å². The van der Waals surface area contributed by atoms with E-state index in [0.717, 1.165) is 17.5 Å². The fourth-order valence-corrected chi connectivity index (χ4v) is 5.77. The van der Waals surface area contributed by atoms with Gasteiger partial charge in [0.2, 0.25) is 17.6 Å². The van der Waals surface area contributed by atoms with E-state index < -0.39 is 5.97 Å². The van der Waals surface area contributed by atoms with Gasteiger partial charge in [-0.2, -0.15) is 0 Å². The van der Waals surface area contributed by atoms with Crippen molar-refractivity contribution in [3.63, 3.8) is 0 Å². The molecule has 0 unspecified atom stereocenters. The number of nitrogens with zero attached hydrogens (tertiary/aromatic N) is 1. The van der Waals surface area contributed by atoms with Gasteiger partial charge in [0.05, 0.1) is 18.3 Å². The number of hydrogen-bond donors (Lipinski definition) is 0. The Morgan fingerprint density at radius 2 is 1.67 bits per heavy atom. The predicted molar refractivity (Wildman–Crippen MR) is 107 cm³/mol. The van der Waals surface area contributed by atoms with Crippen LogP contribution < -0.4 is 0 Å². The molecule has 1 aromatic carbocycles. The average Bonchev–Trinajstić information content (AvgIpc) is 3.51. The predicted octanol–water partition coefficient (Wildman–Crippen LogP) is 2.47. The Hall–Kier alpha value is -2.76. The molecule has 5 aliphatic rings. The van der Waals surface area contributed by atoms with Gasteiger partial charge in [0.25, 0.3) is 0 Å². The number of Topliss-reactive ketones (excluding diaryl/α,β-unsaturated/α-hetero) is 1. The molecule has 1 saturated heterocycles. The fraction of sp³-hybridized carbons (Fsp3) is 0.500. The first kappa shape index (κ1) is 19.2. The molecular weight excluding hydrogens is 382 g/mol. The van der Waals surface area contributed by atoms with Gasteiger partial charge in [-0.15, -0.1) is 0 Å². The van der Waals surface area contributed by atoms with Gasteiger partial charge in [-0.1, -0.05) is 29.8 Å². The van der Waals surface area contributed by atoms with Crippen molar-refractivity contribution in [3.05, 3.63) is 47.0 Å². The van der Waals surface area contributed by atoms with Gasteiger partial charge < -0.3 is 4.74 Å². The van der Waals surface area contributed by atoms with Gasteiger partial charge in [0.15, 0.2) is 6.61 Å². The molecule has 2 amide bonds. The second-order valence-corrected chi connectivity index (χ2v) is 9.13. The molecule has 6 heteroatoms. The summed E-state index contributed by atoms with van der Waals surface area (Å²) in [5.74, 6) is -0.168. The van der Waals surface area contributed by atoms with E-state index in [1.165, 1.54) is 4.90 Å². The summed E-state index contributed by atoms with van der Waals surface area (Å²) >= 11 is 0. The maximum Gasteiger partial charge on any atom is 0.308 e. The molecule has 30 heavy (non-hydrogen) atoms. The number of allylic oxidation sites excluding steroid dienone is 2. The number of rotatable bonds is 6. The molecule has 4 aliphatic carbocycles. The first-order valence-corrected chi connectivity index (χ1v) is 10.7. The highest BCUT2D eigenvalue weighted by molar-refractivity contribution is 6.06. The Morgan fingerprint density at radius 1 is 1.03 bits per heavy atom. The minimum Gasteiger partial charge on any atom is -0.457 e. The van der Waals surface area contributed by atoms with Crippen LogP contribution in [-0.2, 0) is 19.1 Å². The number of likely N-dealkylation sites (tertiary alicyclic amines) is 1. The number of amides is 2. The topological polar surface area (TPSA) is 80.8 Å². The van der Waals surface area contributed by atoms with Gasteiger partial charge in [0, 0.05) is 12.1 Å². The van der Waals surface area contributed by atoms with Crippen LogP contribution in [0.2, 0.25) is 0 Å². The Bertz CT molecular complexity index is 959. The zero-order valence-corrected chi connectivity index (χ0v) is 17.2. The molecule has 1 heterocycles. The van der Waals surface area contributed by atoms with E-state index in [-0.39, 0.29) is 60.8 Å². The number of carbonyl (C=O) groups is 4. The van der Waals surface area contributed by atoms with Crippen LogP contribution in [-0.4, -0.2) is 41.6 Å². The van der Waals surface area contributed by atoms with Gasteiger partial charge in [-0.3, -0.25) is 24.1 Å². The van der Waals surface area contributed by atoms with E-state index in [9.17, 15) is 19.2 Å². The highest BCUT2D eigenvalue weighted by Crippen LogP contribution is 2.65. The van der Waals surface area contributed by atoms with Crippen LogP contribution in [0.25, 0.3) is 0 Å². The Labute approximate surface area is 175 Å². The number of hydrogen-bond acceptors (Lipinski definition) is 5. The highest BCUT2D eigenvalue weighted by Gasteiger charge is 2.66. The third-order valence-corrected chi connectivity index (χ3v) is 7.35. The second kappa shape index (κ2) is 6.89. The summed E-state index contributed by atoms with van der Waals surface area (Å²) in [5.41, 5.74) is 2.33. The van der Waals surface area contributed by atoms with E-state index in [4.69, 9.17) is 4.74 Å². The van der Waals surface area contributed by atoms with Crippen molar-refractivity contribution in [1.29, 1.82) is 0 Å². The van der Waals surface area contributed by atoms with Crippen LogP contribution in [0.1, 0.15) is 34.3 Å². The van der Waals surface area contributed by atoms with E-state index in [2.05, 4.69) is 12.2 Å². The minimum absolute atomic E-state index is 0.0237. The maximum absolute atomic E-state index is 12.9. The van der Waals surface area contributed by atoms with Gasteiger partial charge in [0.1, 0.15) is 0 Å². The Kier molecular flexibility index (Phi) is 4.42. The van der Waals surface area contributed by atoms with Crippen LogP contribution in [0, 0.1) is 49.4 Å². The smallest absolute Gasteiger partial charge is 0.308 e. The van der Waals surface area contributed by atoms with E-state index in [1.807, 2.05) is 26.0 Å².